The van der Waals surface area contributed by atoms with Crippen molar-refractivity contribution in [1.29, 1.82) is 0 Å². The first-order valence-corrected chi connectivity index (χ1v) is 9.29. The number of aromatic nitrogens is 3. The molecule has 7 nitrogen and oxygen atoms in total. The van der Waals surface area contributed by atoms with Crippen molar-refractivity contribution in [3.63, 3.8) is 0 Å². The predicted octanol–water partition coefficient (Wildman–Crippen LogP) is 2.60. The smallest absolute Gasteiger partial charge is 0.321 e. The van der Waals surface area contributed by atoms with Crippen LogP contribution in [-0.4, -0.2) is 20.0 Å². The molecule has 0 unspecified atom stereocenters. The lowest BCUT2D eigenvalue weighted by atomic mass is 10.1. The van der Waals surface area contributed by atoms with Crippen molar-refractivity contribution in [1.82, 2.24) is 14.1 Å². The molecule has 0 aliphatic heterocycles. The number of benzene rings is 1. The topological polar surface area (TPSA) is 86.0 Å². The van der Waals surface area contributed by atoms with E-state index in [0.717, 1.165) is 16.6 Å². The van der Waals surface area contributed by atoms with E-state index in [0.29, 0.717) is 22.1 Å². The second kappa shape index (κ2) is 7.48. The maximum atomic E-state index is 12.8. The first-order valence-electron chi connectivity index (χ1n) is 8.50. The molecule has 8 heteroatoms. The number of hydrogen-bond donors (Lipinski definition) is 1. The lowest BCUT2D eigenvalue weighted by Gasteiger charge is -2.15. The van der Waals surface area contributed by atoms with Crippen LogP contribution in [0.4, 0.5) is 5.69 Å². The number of halogens is 1. The van der Waals surface area contributed by atoms with Gasteiger partial charge in [0.1, 0.15) is 5.39 Å². The van der Waals surface area contributed by atoms with E-state index in [4.69, 9.17) is 0 Å². The van der Waals surface area contributed by atoms with Crippen LogP contribution in [0.3, 0.4) is 0 Å². The lowest BCUT2D eigenvalue weighted by Crippen LogP contribution is -2.38. The van der Waals surface area contributed by atoms with Gasteiger partial charge in [0.15, 0.2) is 5.65 Å². The zero-order valence-electron chi connectivity index (χ0n) is 15.2. The zero-order valence-corrected chi connectivity index (χ0v) is 16.8. The minimum Gasteiger partial charge on any atom is -0.321 e. The van der Waals surface area contributed by atoms with Gasteiger partial charge in [0, 0.05) is 24.8 Å². The van der Waals surface area contributed by atoms with Gasteiger partial charge in [0.05, 0.1) is 11.3 Å². The molecule has 0 bridgehead atoms. The molecule has 1 N–H and O–H groups in total. The normalized spacial score (nSPS) is 11.0. The molecule has 1 amide bonds. The number of aryl methyl sites for hydroxylation is 2. The highest BCUT2D eigenvalue weighted by Crippen LogP contribution is 2.25. The van der Waals surface area contributed by atoms with Crippen molar-refractivity contribution < 1.29 is 4.79 Å². The first kappa shape index (κ1) is 19.0. The highest BCUT2D eigenvalue weighted by molar-refractivity contribution is 9.10. The van der Waals surface area contributed by atoms with Gasteiger partial charge in [0.25, 0.3) is 11.5 Å². The van der Waals surface area contributed by atoms with E-state index in [-0.39, 0.29) is 16.9 Å². The number of anilines is 1. The summed E-state index contributed by atoms with van der Waals surface area (Å²) in [5, 5.41) is 3.10. The summed E-state index contributed by atoms with van der Waals surface area (Å²) in [6.45, 7) is 2.00. The monoisotopic (exact) mass is 430 g/mol. The molecule has 0 saturated carbocycles. The van der Waals surface area contributed by atoms with Gasteiger partial charge >= 0.3 is 5.69 Å². The van der Waals surface area contributed by atoms with Crippen LogP contribution in [0.1, 0.15) is 29.3 Å². The van der Waals surface area contributed by atoms with Crippen LogP contribution in [0, 0.1) is 0 Å². The standard InChI is InChI=1S/C19H19BrN4O3/c1-4-7-11-10-21-16-14(18(26)24(3)19(27)23(16)2)15(11)22-17(25)12-8-5-6-9-13(12)20/h5-6,8-10H,4,7H2,1-3H3,(H,21,22,25). The van der Waals surface area contributed by atoms with Gasteiger partial charge in [-0.1, -0.05) is 25.5 Å². The number of carbonyl (C=O) groups is 1. The fourth-order valence-corrected chi connectivity index (χ4v) is 3.46. The minimum atomic E-state index is -0.485. The van der Waals surface area contributed by atoms with Crippen LogP contribution < -0.4 is 16.6 Å². The van der Waals surface area contributed by atoms with Crippen molar-refractivity contribution in [3.8, 4) is 0 Å². The van der Waals surface area contributed by atoms with Crippen LogP contribution in [0.2, 0.25) is 0 Å². The molecule has 0 spiro atoms. The number of fused-ring (bicyclic) bond motifs is 1. The quantitative estimate of drug-likeness (QED) is 0.688. The maximum Gasteiger partial charge on any atom is 0.332 e. The van der Waals surface area contributed by atoms with Gasteiger partial charge in [-0.2, -0.15) is 0 Å². The summed E-state index contributed by atoms with van der Waals surface area (Å²) >= 11 is 3.37. The molecule has 3 rings (SSSR count). The van der Waals surface area contributed by atoms with E-state index in [1.807, 2.05) is 13.0 Å². The second-order valence-corrected chi connectivity index (χ2v) is 7.10. The fraction of sp³-hybridized carbons (Fsp3) is 0.263. The van der Waals surface area contributed by atoms with Gasteiger partial charge in [-0.25, -0.2) is 9.78 Å². The summed E-state index contributed by atoms with van der Waals surface area (Å²) in [4.78, 5) is 42.2. The van der Waals surface area contributed by atoms with E-state index in [1.54, 1.807) is 31.4 Å². The average molecular weight is 431 g/mol. The van der Waals surface area contributed by atoms with E-state index < -0.39 is 11.2 Å². The number of hydrogen-bond acceptors (Lipinski definition) is 4. The number of amides is 1. The number of rotatable bonds is 4. The van der Waals surface area contributed by atoms with Crippen molar-refractivity contribution in [2.45, 2.75) is 19.8 Å². The molecule has 3 aromatic rings. The van der Waals surface area contributed by atoms with Crippen LogP contribution in [-0.2, 0) is 20.5 Å². The first-order chi connectivity index (χ1) is 12.9. The lowest BCUT2D eigenvalue weighted by molar-refractivity contribution is 0.102. The van der Waals surface area contributed by atoms with Crippen LogP contribution in [0.15, 0.2) is 44.5 Å². The van der Waals surface area contributed by atoms with Crippen molar-refractivity contribution in [2.75, 3.05) is 5.32 Å². The molecule has 1 aromatic carbocycles. The molecule has 0 aliphatic rings. The summed E-state index contributed by atoms with van der Waals surface area (Å²) in [5.41, 5.74) is 0.893. The van der Waals surface area contributed by atoms with E-state index in [9.17, 15) is 14.4 Å². The number of carbonyl (C=O) groups excluding carboxylic acids is 1. The fourth-order valence-electron chi connectivity index (χ4n) is 3.00. The third kappa shape index (κ3) is 3.32. The predicted molar refractivity (Wildman–Crippen MR) is 108 cm³/mol. The Morgan fingerprint density at radius 1 is 1.19 bits per heavy atom. The Balaban J connectivity index is 2.28. The van der Waals surface area contributed by atoms with Gasteiger partial charge in [-0.05, 0) is 40.0 Å². The molecule has 2 aromatic heterocycles. The van der Waals surface area contributed by atoms with Crippen molar-refractivity contribution in [2.24, 2.45) is 14.1 Å². The van der Waals surface area contributed by atoms with E-state index >= 15 is 0 Å². The third-order valence-corrected chi connectivity index (χ3v) is 5.12. The van der Waals surface area contributed by atoms with E-state index in [2.05, 4.69) is 26.2 Å². The van der Waals surface area contributed by atoms with Crippen LogP contribution >= 0.6 is 15.9 Å². The Morgan fingerprint density at radius 3 is 2.56 bits per heavy atom. The Morgan fingerprint density at radius 2 is 1.89 bits per heavy atom. The molecule has 0 atom stereocenters. The Hall–Kier alpha value is -2.74. The summed E-state index contributed by atoms with van der Waals surface area (Å²) in [7, 11) is 2.96. The SMILES string of the molecule is CCCc1cnc2c(c1NC(=O)c1ccccc1Br)c(=O)n(C)c(=O)n2C. The largest absolute Gasteiger partial charge is 0.332 e. The summed E-state index contributed by atoms with van der Waals surface area (Å²) in [6.07, 6.45) is 3.07. The highest BCUT2D eigenvalue weighted by atomic mass is 79.9. The number of nitrogens with one attached hydrogen (secondary N) is 1. The molecular formula is C19H19BrN4O3. The summed E-state index contributed by atoms with van der Waals surface area (Å²) in [6, 6.07) is 7.04. The van der Waals surface area contributed by atoms with Gasteiger partial charge < -0.3 is 5.32 Å². The second-order valence-electron chi connectivity index (χ2n) is 6.25. The zero-order chi connectivity index (χ0) is 19.7. The average Bonchev–Trinajstić information content (AvgIpc) is 2.66. The number of nitrogens with zero attached hydrogens (tertiary/aromatic N) is 3. The summed E-state index contributed by atoms with van der Waals surface area (Å²) < 4.78 is 2.98. The Bertz CT molecular complexity index is 1160. The summed E-state index contributed by atoms with van der Waals surface area (Å²) in [5.74, 6) is -0.344. The van der Waals surface area contributed by atoms with Gasteiger partial charge in [0.2, 0.25) is 0 Å². The van der Waals surface area contributed by atoms with E-state index in [1.165, 1.54) is 11.6 Å². The Labute approximate surface area is 163 Å². The maximum absolute atomic E-state index is 12.8. The van der Waals surface area contributed by atoms with Crippen LogP contribution in [0.25, 0.3) is 11.0 Å². The molecule has 2 heterocycles. The molecular weight excluding hydrogens is 412 g/mol. The molecule has 140 valence electrons. The van der Waals surface area contributed by atoms with Gasteiger partial charge in [-0.3, -0.25) is 18.7 Å². The molecule has 0 saturated heterocycles. The Kier molecular flexibility index (Phi) is 5.27. The molecule has 0 aliphatic carbocycles. The van der Waals surface area contributed by atoms with Gasteiger partial charge in [-0.15, -0.1) is 0 Å². The molecule has 0 radical (unpaired) electrons. The molecule has 0 fully saturated rings. The van der Waals surface area contributed by atoms with Crippen LogP contribution in [0.5, 0.6) is 0 Å². The highest BCUT2D eigenvalue weighted by Gasteiger charge is 2.20. The third-order valence-electron chi connectivity index (χ3n) is 4.42. The number of pyridine rings is 1. The van der Waals surface area contributed by atoms with Crippen molar-refractivity contribution >= 4 is 38.6 Å². The molecule has 27 heavy (non-hydrogen) atoms. The van der Waals surface area contributed by atoms with Crippen molar-refractivity contribution in [3.05, 3.63) is 66.9 Å². The minimum absolute atomic E-state index is 0.228.